The van der Waals surface area contributed by atoms with Crippen LogP contribution in [-0.4, -0.2) is 36.2 Å². The highest BCUT2D eigenvalue weighted by atomic mass is 19.1. The molecular formula is C18H17FN6O2. The van der Waals surface area contributed by atoms with Gasteiger partial charge in [0, 0.05) is 42.8 Å². The van der Waals surface area contributed by atoms with Crippen molar-refractivity contribution in [2.45, 2.75) is 13.5 Å². The van der Waals surface area contributed by atoms with Crippen LogP contribution in [0.4, 0.5) is 4.39 Å². The maximum atomic E-state index is 13.1. The molecule has 0 saturated heterocycles. The molecule has 8 nitrogen and oxygen atoms in total. The Bertz CT molecular complexity index is 1160. The van der Waals surface area contributed by atoms with Crippen molar-refractivity contribution in [1.29, 1.82) is 0 Å². The number of benzene rings is 1. The zero-order valence-corrected chi connectivity index (χ0v) is 14.8. The summed E-state index contributed by atoms with van der Waals surface area (Å²) in [4.78, 5) is 13.1. The highest BCUT2D eigenvalue weighted by molar-refractivity contribution is 5.90. The average molecular weight is 368 g/mol. The van der Waals surface area contributed by atoms with Crippen LogP contribution in [0.2, 0.25) is 0 Å². The zero-order chi connectivity index (χ0) is 19.0. The lowest BCUT2D eigenvalue weighted by molar-refractivity contribution is 0.192. The van der Waals surface area contributed by atoms with E-state index < -0.39 is 6.86 Å². The molecule has 0 N–H and O–H groups in total. The maximum Gasteiger partial charge on any atom is 0.282 e. The minimum Gasteiger partial charge on any atom is -0.463 e. The van der Waals surface area contributed by atoms with Crippen LogP contribution >= 0.6 is 0 Å². The first-order chi connectivity index (χ1) is 13.1. The number of aryl methyl sites for hydroxylation is 2. The molecule has 0 aliphatic carbocycles. The summed E-state index contributed by atoms with van der Waals surface area (Å²) < 4.78 is 21.9. The Morgan fingerprint density at radius 2 is 1.96 bits per heavy atom. The van der Waals surface area contributed by atoms with Crippen molar-refractivity contribution < 1.29 is 9.13 Å². The molecule has 3 heterocycles. The summed E-state index contributed by atoms with van der Waals surface area (Å²) in [6.45, 7) is 1.51. The summed E-state index contributed by atoms with van der Waals surface area (Å²) in [5.41, 5.74) is 2.93. The van der Waals surface area contributed by atoms with E-state index in [-0.39, 0.29) is 5.56 Å². The van der Waals surface area contributed by atoms with Gasteiger partial charge in [-0.1, -0.05) is 5.21 Å². The molecule has 27 heavy (non-hydrogen) atoms. The predicted octanol–water partition coefficient (Wildman–Crippen LogP) is 2.31. The van der Waals surface area contributed by atoms with Crippen molar-refractivity contribution in [3.63, 3.8) is 0 Å². The van der Waals surface area contributed by atoms with Crippen molar-refractivity contribution >= 4 is 11.0 Å². The summed E-state index contributed by atoms with van der Waals surface area (Å²) in [7, 11) is 1.82. The van der Waals surface area contributed by atoms with Gasteiger partial charge in [0.15, 0.2) is 5.52 Å². The molecule has 4 aromatic rings. The molecule has 0 bridgehead atoms. The first-order valence-electron chi connectivity index (χ1n) is 8.39. The summed E-state index contributed by atoms with van der Waals surface area (Å²) in [5.74, 6) is 0.392. The Hall–Kier alpha value is -3.49. The van der Waals surface area contributed by atoms with Gasteiger partial charge in [-0.05, 0) is 31.2 Å². The molecule has 0 amide bonds. The van der Waals surface area contributed by atoms with Crippen molar-refractivity contribution in [3.05, 3.63) is 53.2 Å². The molecule has 0 fully saturated rings. The van der Waals surface area contributed by atoms with Crippen molar-refractivity contribution in [2.24, 2.45) is 7.05 Å². The molecule has 0 aliphatic heterocycles. The largest absolute Gasteiger partial charge is 0.463 e. The standard InChI is InChI=1S/C18H17FN6O2/c1-3-25-17-16(21-22-25)15(12-8-20-23(2)9-12)10-24(18(17)26)13-4-6-14(7-5-13)27-11-19/h4-10H,3,11H2,1-2H3. The second kappa shape index (κ2) is 6.67. The maximum absolute atomic E-state index is 13.1. The van der Waals surface area contributed by atoms with Gasteiger partial charge < -0.3 is 4.74 Å². The number of fused-ring (bicyclic) bond motifs is 1. The Morgan fingerprint density at radius 3 is 2.59 bits per heavy atom. The second-order valence-corrected chi connectivity index (χ2v) is 5.97. The normalized spacial score (nSPS) is 11.2. The third kappa shape index (κ3) is 2.86. The van der Waals surface area contributed by atoms with Crippen molar-refractivity contribution in [2.75, 3.05) is 6.86 Å². The van der Waals surface area contributed by atoms with Crippen LogP contribution in [0, 0.1) is 0 Å². The van der Waals surface area contributed by atoms with E-state index in [9.17, 15) is 9.18 Å². The first kappa shape index (κ1) is 17.0. The molecule has 0 atom stereocenters. The number of pyridine rings is 1. The van der Waals surface area contributed by atoms with Crippen LogP contribution in [-0.2, 0) is 13.6 Å². The highest BCUT2D eigenvalue weighted by Crippen LogP contribution is 2.26. The van der Waals surface area contributed by atoms with Gasteiger partial charge in [-0.3, -0.25) is 14.0 Å². The van der Waals surface area contributed by atoms with Crippen LogP contribution in [0.25, 0.3) is 27.8 Å². The third-order valence-corrected chi connectivity index (χ3v) is 4.32. The summed E-state index contributed by atoms with van der Waals surface area (Å²) in [6, 6.07) is 6.63. The van der Waals surface area contributed by atoms with E-state index in [1.165, 1.54) is 4.57 Å². The van der Waals surface area contributed by atoms with E-state index in [1.54, 1.807) is 46.0 Å². The third-order valence-electron chi connectivity index (χ3n) is 4.32. The van der Waals surface area contributed by atoms with Crippen LogP contribution in [0.15, 0.2) is 47.7 Å². The molecule has 4 rings (SSSR count). The SMILES string of the molecule is CCn1nnc2c(-c3cnn(C)c3)cn(-c3ccc(OCF)cc3)c(=O)c21. The minimum atomic E-state index is -0.905. The molecule has 138 valence electrons. The lowest BCUT2D eigenvalue weighted by Gasteiger charge is -2.10. The molecule has 3 aromatic heterocycles. The number of hydrogen-bond acceptors (Lipinski definition) is 5. The monoisotopic (exact) mass is 368 g/mol. The number of alkyl halides is 1. The van der Waals surface area contributed by atoms with Gasteiger partial charge in [0.05, 0.1) is 6.20 Å². The Balaban J connectivity index is 1.97. The molecule has 0 saturated carbocycles. The van der Waals surface area contributed by atoms with Gasteiger partial charge in [-0.2, -0.15) is 5.10 Å². The average Bonchev–Trinajstić information content (AvgIpc) is 3.30. The highest BCUT2D eigenvalue weighted by Gasteiger charge is 2.18. The zero-order valence-electron chi connectivity index (χ0n) is 14.8. The van der Waals surface area contributed by atoms with E-state index >= 15 is 0 Å². The number of rotatable bonds is 5. The van der Waals surface area contributed by atoms with Gasteiger partial charge in [0.1, 0.15) is 11.3 Å². The van der Waals surface area contributed by atoms with E-state index in [0.29, 0.717) is 29.0 Å². The van der Waals surface area contributed by atoms with Gasteiger partial charge in [-0.25, -0.2) is 9.07 Å². The number of hydrogen-bond donors (Lipinski definition) is 0. The lowest BCUT2D eigenvalue weighted by Crippen LogP contribution is -2.21. The molecular weight excluding hydrogens is 351 g/mol. The van der Waals surface area contributed by atoms with E-state index in [4.69, 9.17) is 4.74 Å². The van der Waals surface area contributed by atoms with Crippen molar-refractivity contribution in [1.82, 2.24) is 29.3 Å². The number of aromatic nitrogens is 6. The Morgan fingerprint density at radius 1 is 1.19 bits per heavy atom. The summed E-state index contributed by atoms with van der Waals surface area (Å²) >= 11 is 0. The lowest BCUT2D eigenvalue weighted by atomic mass is 10.1. The van der Waals surface area contributed by atoms with E-state index in [1.807, 2.05) is 20.2 Å². The van der Waals surface area contributed by atoms with Crippen LogP contribution in [0.3, 0.4) is 0 Å². The predicted molar refractivity (Wildman–Crippen MR) is 97.6 cm³/mol. The molecule has 0 spiro atoms. The molecule has 0 unspecified atom stereocenters. The van der Waals surface area contributed by atoms with Gasteiger partial charge >= 0.3 is 0 Å². The van der Waals surface area contributed by atoms with Crippen molar-refractivity contribution in [3.8, 4) is 22.6 Å². The topological polar surface area (TPSA) is 79.8 Å². The van der Waals surface area contributed by atoms with Crippen LogP contribution < -0.4 is 10.3 Å². The fourth-order valence-electron chi connectivity index (χ4n) is 3.02. The second-order valence-electron chi connectivity index (χ2n) is 5.97. The molecule has 0 radical (unpaired) electrons. The Kier molecular flexibility index (Phi) is 4.19. The van der Waals surface area contributed by atoms with E-state index in [0.717, 1.165) is 11.1 Å². The molecule has 9 heteroatoms. The van der Waals surface area contributed by atoms with Gasteiger partial charge in [-0.15, -0.1) is 5.10 Å². The fourth-order valence-corrected chi connectivity index (χ4v) is 3.02. The number of nitrogens with zero attached hydrogens (tertiary/aromatic N) is 6. The van der Waals surface area contributed by atoms with Crippen LogP contribution in [0.5, 0.6) is 5.75 Å². The first-order valence-corrected chi connectivity index (χ1v) is 8.39. The summed E-state index contributed by atoms with van der Waals surface area (Å²) in [6.07, 6.45) is 5.29. The summed E-state index contributed by atoms with van der Waals surface area (Å²) in [5, 5.41) is 12.5. The van der Waals surface area contributed by atoms with E-state index in [2.05, 4.69) is 15.4 Å². The minimum absolute atomic E-state index is 0.233. The Labute approximate surface area is 153 Å². The van der Waals surface area contributed by atoms with Crippen LogP contribution in [0.1, 0.15) is 6.92 Å². The molecule has 1 aromatic carbocycles. The van der Waals surface area contributed by atoms with Gasteiger partial charge in [0.25, 0.3) is 5.56 Å². The number of halogens is 1. The van der Waals surface area contributed by atoms with Gasteiger partial charge in [0.2, 0.25) is 6.86 Å². The number of ether oxygens (including phenoxy) is 1. The quantitative estimate of drug-likeness (QED) is 0.540. The smallest absolute Gasteiger partial charge is 0.282 e. The fraction of sp³-hybridized carbons (Fsp3) is 0.222. The molecule has 0 aliphatic rings.